The van der Waals surface area contributed by atoms with Crippen molar-refractivity contribution in [3.63, 3.8) is 0 Å². The molecule has 1 aromatic rings. The van der Waals surface area contributed by atoms with Gasteiger partial charge in [0, 0.05) is 4.88 Å². The molecule has 1 aliphatic rings. The third-order valence-electron chi connectivity index (χ3n) is 2.35. The number of thiophene rings is 1. The summed E-state index contributed by atoms with van der Waals surface area (Å²) in [6.07, 6.45) is 3.31. The van der Waals surface area contributed by atoms with Crippen LogP contribution in [0.3, 0.4) is 0 Å². The molecule has 0 unspecified atom stereocenters. The minimum atomic E-state index is -0.524. The summed E-state index contributed by atoms with van der Waals surface area (Å²) in [5.74, 6) is 0.663. The zero-order valence-electron chi connectivity index (χ0n) is 7.49. The summed E-state index contributed by atoms with van der Waals surface area (Å²) in [5, 5.41) is 9.40. The Morgan fingerprint density at radius 1 is 1.69 bits per heavy atom. The number of hydrogen-bond donors (Lipinski definition) is 1. The fraction of sp³-hybridized carbons (Fsp3) is 0.444. The lowest BCUT2D eigenvalue weighted by molar-refractivity contribution is 0.112. The van der Waals surface area contributed by atoms with E-state index in [4.69, 9.17) is 0 Å². The molecule has 0 aromatic carbocycles. The number of aldehydes is 1. The van der Waals surface area contributed by atoms with Crippen molar-refractivity contribution < 1.29 is 9.82 Å². The molecule has 1 fully saturated rings. The van der Waals surface area contributed by atoms with Gasteiger partial charge in [-0.05, 0) is 24.2 Å². The van der Waals surface area contributed by atoms with Crippen molar-refractivity contribution >= 4 is 30.0 Å². The van der Waals surface area contributed by atoms with E-state index in [-0.39, 0.29) is 0 Å². The lowest BCUT2D eigenvalue weighted by Gasteiger charge is -1.94. The van der Waals surface area contributed by atoms with E-state index < -0.39 is 6.92 Å². The van der Waals surface area contributed by atoms with Crippen molar-refractivity contribution in [2.45, 2.75) is 25.6 Å². The van der Waals surface area contributed by atoms with Crippen LogP contribution in [0.1, 0.15) is 33.3 Å². The minimum absolute atomic E-state index is 0.524. The van der Waals surface area contributed by atoms with E-state index in [1.165, 1.54) is 29.1 Å². The summed E-state index contributed by atoms with van der Waals surface area (Å²) in [6.45, 7) is 1.18. The van der Waals surface area contributed by atoms with Crippen molar-refractivity contribution in [3.8, 4) is 0 Å². The quantitative estimate of drug-likeness (QED) is 0.580. The highest BCUT2D eigenvalue weighted by atomic mass is 32.1. The van der Waals surface area contributed by atoms with Crippen LogP contribution in [0.5, 0.6) is 0 Å². The van der Waals surface area contributed by atoms with Gasteiger partial charge in [-0.15, -0.1) is 11.3 Å². The van der Waals surface area contributed by atoms with Crippen LogP contribution in [-0.4, -0.2) is 18.2 Å². The van der Waals surface area contributed by atoms with Crippen molar-refractivity contribution in [2.75, 3.05) is 0 Å². The molecule has 0 amide bonds. The van der Waals surface area contributed by atoms with E-state index in [2.05, 4.69) is 0 Å². The molecule has 0 radical (unpaired) electrons. The maximum absolute atomic E-state index is 10.7. The van der Waals surface area contributed by atoms with Crippen LogP contribution in [0, 0.1) is 0 Å². The van der Waals surface area contributed by atoms with Crippen LogP contribution < -0.4 is 5.46 Å². The second-order valence-corrected chi connectivity index (χ2v) is 4.65. The molecular formula is C9H11BO2S. The van der Waals surface area contributed by atoms with Crippen LogP contribution in [0.4, 0.5) is 0 Å². The van der Waals surface area contributed by atoms with Gasteiger partial charge < -0.3 is 5.02 Å². The number of carbonyl (C=O) groups is 1. The monoisotopic (exact) mass is 194 g/mol. The van der Waals surface area contributed by atoms with Crippen molar-refractivity contribution in [1.29, 1.82) is 0 Å². The van der Waals surface area contributed by atoms with Crippen molar-refractivity contribution in [1.82, 2.24) is 0 Å². The lowest BCUT2D eigenvalue weighted by Crippen LogP contribution is -2.27. The predicted molar refractivity (Wildman–Crippen MR) is 55.2 cm³/mol. The van der Waals surface area contributed by atoms with Gasteiger partial charge in [0.2, 0.25) is 0 Å². The van der Waals surface area contributed by atoms with Gasteiger partial charge in [0.25, 0.3) is 0 Å². The first-order chi connectivity index (χ1) is 6.22. The third kappa shape index (κ3) is 1.69. The summed E-state index contributed by atoms with van der Waals surface area (Å²) >= 11 is 1.53. The van der Waals surface area contributed by atoms with Crippen LogP contribution in [0.2, 0.25) is 6.82 Å². The zero-order valence-corrected chi connectivity index (χ0v) is 8.30. The van der Waals surface area contributed by atoms with Crippen LogP contribution in [0.15, 0.2) is 6.07 Å². The molecule has 68 valence electrons. The smallest absolute Gasteiger partial charge is 0.321 e. The summed E-state index contributed by atoms with van der Waals surface area (Å²) in [7, 11) is 0. The first kappa shape index (κ1) is 8.97. The highest BCUT2D eigenvalue weighted by Gasteiger charge is 2.27. The molecule has 1 aromatic heterocycles. The summed E-state index contributed by atoms with van der Waals surface area (Å²) < 4.78 is 0. The van der Waals surface area contributed by atoms with Gasteiger partial charge in [0.05, 0.1) is 4.88 Å². The topological polar surface area (TPSA) is 37.3 Å². The van der Waals surface area contributed by atoms with Crippen LogP contribution in [0.25, 0.3) is 0 Å². The van der Waals surface area contributed by atoms with E-state index in [0.29, 0.717) is 10.8 Å². The Hall–Kier alpha value is -0.605. The van der Waals surface area contributed by atoms with Crippen molar-refractivity contribution in [2.24, 2.45) is 0 Å². The Labute approximate surface area is 81.7 Å². The average molecular weight is 194 g/mol. The fourth-order valence-electron chi connectivity index (χ4n) is 1.43. The molecule has 1 aliphatic carbocycles. The maximum Gasteiger partial charge on any atom is 0.321 e. The highest BCUT2D eigenvalue weighted by molar-refractivity contribution is 7.15. The van der Waals surface area contributed by atoms with Gasteiger partial charge >= 0.3 is 6.92 Å². The molecule has 0 spiro atoms. The van der Waals surface area contributed by atoms with Crippen molar-refractivity contribution in [3.05, 3.63) is 15.8 Å². The fourth-order valence-corrected chi connectivity index (χ4v) is 2.67. The Balaban J connectivity index is 2.35. The maximum atomic E-state index is 10.7. The molecule has 0 bridgehead atoms. The van der Waals surface area contributed by atoms with E-state index in [0.717, 1.165) is 11.7 Å². The molecular weight excluding hydrogens is 183 g/mol. The molecule has 0 saturated heterocycles. The van der Waals surface area contributed by atoms with Gasteiger partial charge in [-0.1, -0.05) is 12.9 Å². The Morgan fingerprint density at radius 2 is 2.38 bits per heavy atom. The van der Waals surface area contributed by atoms with Gasteiger partial charge in [-0.25, -0.2) is 0 Å². The second-order valence-electron chi connectivity index (χ2n) is 3.54. The lowest BCUT2D eigenvalue weighted by atomic mass is 9.64. The molecule has 2 nitrogen and oxygen atoms in total. The normalized spacial score (nSPS) is 15.8. The van der Waals surface area contributed by atoms with Gasteiger partial charge in [0.1, 0.15) is 0 Å². The first-order valence-corrected chi connectivity index (χ1v) is 5.31. The first-order valence-electron chi connectivity index (χ1n) is 4.49. The molecule has 1 heterocycles. The number of rotatable bonds is 3. The standard InChI is InChI=1S/C9H11BO2S/c1-10(12)7-4-8(6-2-3-6)13-9(7)5-11/h4-6,12H,2-3H2,1H3. The largest absolute Gasteiger partial charge is 0.446 e. The summed E-state index contributed by atoms with van der Waals surface area (Å²) in [6, 6.07) is 1.98. The Bertz CT molecular complexity index is 328. The van der Waals surface area contributed by atoms with Gasteiger partial charge in [-0.3, -0.25) is 4.79 Å². The molecule has 13 heavy (non-hydrogen) atoms. The minimum Gasteiger partial charge on any atom is -0.446 e. The Kier molecular flexibility index (Phi) is 2.26. The average Bonchev–Trinajstić information content (AvgIpc) is 2.84. The molecule has 0 atom stereocenters. The number of hydrogen-bond acceptors (Lipinski definition) is 3. The molecule has 2 rings (SSSR count). The van der Waals surface area contributed by atoms with E-state index in [1.807, 2.05) is 6.07 Å². The van der Waals surface area contributed by atoms with E-state index in [9.17, 15) is 9.82 Å². The molecule has 1 N–H and O–H groups in total. The SMILES string of the molecule is CB(O)c1cc(C2CC2)sc1C=O. The van der Waals surface area contributed by atoms with E-state index >= 15 is 0 Å². The molecule has 4 heteroatoms. The second kappa shape index (κ2) is 3.27. The third-order valence-corrected chi connectivity index (χ3v) is 3.59. The van der Waals surface area contributed by atoms with Gasteiger partial charge in [0.15, 0.2) is 6.29 Å². The van der Waals surface area contributed by atoms with E-state index in [1.54, 1.807) is 6.82 Å². The molecule has 1 saturated carbocycles. The summed E-state index contributed by atoms with van der Waals surface area (Å²) in [5.41, 5.74) is 0.793. The summed E-state index contributed by atoms with van der Waals surface area (Å²) in [4.78, 5) is 12.6. The number of carbonyl (C=O) groups excluding carboxylic acids is 1. The molecule has 0 aliphatic heterocycles. The zero-order chi connectivity index (χ0) is 9.42. The highest BCUT2D eigenvalue weighted by Crippen LogP contribution is 2.42. The van der Waals surface area contributed by atoms with Gasteiger partial charge in [-0.2, -0.15) is 0 Å². The Morgan fingerprint density at radius 3 is 2.77 bits per heavy atom. The van der Waals surface area contributed by atoms with Crippen LogP contribution in [-0.2, 0) is 0 Å². The predicted octanol–water partition coefficient (Wildman–Crippen LogP) is 1.26. The van der Waals surface area contributed by atoms with Crippen LogP contribution >= 0.6 is 11.3 Å².